The molecule has 14 heavy (non-hydrogen) atoms. The molecule has 0 spiro atoms. The molecule has 1 heteroatoms. The number of aliphatic imine (C=N–C) groups is 1. The average molecular weight is 195 g/mol. The highest BCUT2D eigenvalue weighted by molar-refractivity contribution is 5.93. The Morgan fingerprint density at radius 3 is 2.29 bits per heavy atom. The number of hydrogen-bond acceptors (Lipinski definition) is 1. The van der Waals surface area contributed by atoms with Crippen LogP contribution in [-0.4, -0.2) is 5.71 Å². The molecule has 0 N–H and O–H groups in total. The Labute approximate surface area is 89.6 Å². The van der Waals surface area contributed by atoms with Crippen molar-refractivity contribution >= 4 is 5.71 Å². The van der Waals surface area contributed by atoms with Gasteiger partial charge in [0.05, 0.1) is 0 Å². The van der Waals surface area contributed by atoms with Gasteiger partial charge >= 0.3 is 0 Å². The summed E-state index contributed by atoms with van der Waals surface area (Å²) in [7, 11) is 0. The minimum absolute atomic E-state index is 1.07. The third-order valence-electron chi connectivity index (χ3n) is 1.64. The van der Waals surface area contributed by atoms with Crippen molar-refractivity contribution in [1.29, 1.82) is 0 Å². The van der Waals surface area contributed by atoms with E-state index < -0.39 is 0 Å². The van der Waals surface area contributed by atoms with Crippen molar-refractivity contribution in [3.63, 3.8) is 0 Å². The number of hydrogen-bond donors (Lipinski definition) is 0. The summed E-state index contributed by atoms with van der Waals surface area (Å²) < 4.78 is 0. The molecule has 0 fully saturated rings. The highest BCUT2D eigenvalue weighted by atomic mass is 14.7. The smallest absolute Gasteiger partial charge is 0.0369 e. The quantitative estimate of drug-likeness (QED) is 0.572. The van der Waals surface area contributed by atoms with Crippen molar-refractivity contribution in [3.05, 3.63) is 23.9 Å². The van der Waals surface area contributed by atoms with Crippen molar-refractivity contribution in [2.24, 2.45) is 4.99 Å². The Morgan fingerprint density at radius 1 is 1.21 bits per heavy atom. The Hall–Kier alpha value is -0.850. The van der Waals surface area contributed by atoms with Crippen molar-refractivity contribution < 1.29 is 0 Å². The molecule has 0 unspecified atom stereocenters. The maximum Gasteiger partial charge on any atom is 0.0369 e. The number of nitrogens with zero attached hydrogens (tertiary/aromatic N) is 1. The zero-order valence-electron chi connectivity index (χ0n) is 10.6. The van der Waals surface area contributed by atoms with Crippen LogP contribution in [0.15, 0.2) is 28.9 Å². The van der Waals surface area contributed by atoms with Crippen LogP contribution in [0.25, 0.3) is 0 Å². The van der Waals surface area contributed by atoms with Gasteiger partial charge in [0, 0.05) is 11.9 Å². The van der Waals surface area contributed by atoms with Gasteiger partial charge in [0.25, 0.3) is 0 Å². The average Bonchev–Trinajstić information content (AvgIpc) is 2.48. The highest BCUT2D eigenvalue weighted by Gasteiger charge is 1.93. The summed E-state index contributed by atoms with van der Waals surface area (Å²) in [6.07, 6.45) is 8.40. The molecule has 0 aromatic rings. The molecule has 0 radical (unpaired) electrons. The zero-order chi connectivity index (χ0) is 11.4. The lowest BCUT2D eigenvalue weighted by Crippen LogP contribution is -1.78. The third-order valence-corrected chi connectivity index (χ3v) is 1.64. The molecule has 0 amide bonds. The standard InChI is InChI=1S/C9H13N.2C2H6/c1-3-9-6-4-5-8(2)10-7-9;2*1-2/h4-5,7H,3,6H2,1-2H3;2*1-2H3. The molecule has 0 aromatic carbocycles. The minimum Gasteiger partial charge on any atom is -0.262 e. The van der Waals surface area contributed by atoms with Crippen LogP contribution in [0.2, 0.25) is 0 Å². The van der Waals surface area contributed by atoms with E-state index in [-0.39, 0.29) is 0 Å². The van der Waals surface area contributed by atoms with Crippen LogP contribution in [0.3, 0.4) is 0 Å². The van der Waals surface area contributed by atoms with Crippen LogP contribution >= 0.6 is 0 Å². The first-order valence-electron chi connectivity index (χ1n) is 5.71. The van der Waals surface area contributed by atoms with E-state index in [0.29, 0.717) is 0 Å². The van der Waals surface area contributed by atoms with Gasteiger partial charge in [-0.2, -0.15) is 0 Å². The fraction of sp³-hybridized carbons (Fsp3) is 0.615. The highest BCUT2D eigenvalue weighted by Crippen LogP contribution is 2.10. The Bertz CT molecular complexity index is 197. The van der Waals surface area contributed by atoms with Crippen LogP contribution < -0.4 is 0 Å². The SMILES string of the molecule is CC.CC.CCC1=CN=C(C)C=CC1. The number of allylic oxidation sites excluding steroid dienone is 3. The van der Waals surface area contributed by atoms with Gasteiger partial charge in [0.15, 0.2) is 0 Å². The first-order valence-corrected chi connectivity index (χ1v) is 5.71. The van der Waals surface area contributed by atoms with E-state index >= 15 is 0 Å². The summed E-state index contributed by atoms with van der Waals surface area (Å²) in [6.45, 7) is 12.2. The molecule has 0 saturated carbocycles. The van der Waals surface area contributed by atoms with Gasteiger partial charge in [0.1, 0.15) is 0 Å². The Balaban J connectivity index is 0. The van der Waals surface area contributed by atoms with Gasteiger partial charge in [0.2, 0.25) is 0 Å². The largest absolute Gasteiger partial charge is 0.262 e. The summed E-state index contributed by atoms with van der Waals surface area (Å²) >= 11 is 0. The number of rotatable bonds is 1. The monoisotopic (exact) mass is 195 g/mol. The lowest BCUT2D eigenvalue weighted by molar-refractivity contribution is 1.02. The van der Waals surface area contributed by atoms with Gasteiger partial charge in [-0.25, -0.2) is 0 Å². The minimum atomic E-state index is 1.07. The molecule has 0 aliphatic carbocycles. The predicted molar refractivity (Wildman–Crippen MR) is 67.9 cm³/mol. The van der Waals surface area contributed by atoms with E-state index in [1.54, 1.807) is 0 Å². The van der Waals surface area contributed by atoms with Gasteiger partial charge in [-0.3, -0.25) is 4.99 Å². The maximum atomic E-state index is 4.24. The molecule has 0 atom stereocenters. The molecule has 0 aromatic heterocycles. The van der Waals surface area contributed by atoms with Gasteiger partial charge in [-0.1, -0.05) is 40.7 Å². The second kappa shape index (κ2) is 12.2. The van der Waals surface area contributed by atoms with Crippen LogP contribution in [-0.2, 0) is 0 Å². The predicted octanol–water partition coefficient (Wildman–Crippen LogP) is 4.75. The van der Waals surface area contributed by atoms with Crippen LogP contribution in [0.4, 0.5) is 0 Å². The van der Waals surface area contributed by atoms with E-state index in [1.165, 1.54) is 5.57 Å². The summed E-state index contributed by atoms with van der Waals surface area (Å²) in [5, 5.41) is 0. The van der Waals surface area contributed by atoms with Crippen molar-refractivity contribution in [3.8, 4) is 0 Å². The van der Waals surface area contributed by atoms with Gasteiger partial charge < -0.3 is 0 Å². The fourth-order valence-electron chi connectivity index (χ4n) is 0.905. The molecule has 0 bridgehead atoms. The van der Waals surface area contributed by atoms with E-state index in [2.05, 4.69) is 24.1 Å². The third kappa shape index (κ3) is 7.78. The second-order valence-electron chi connectivity index (χ2n) is 2.52. The second-order valence-corrected chi connectivity index (χ2v) is 2.52. The van der Waals surface area contributed by atoms with Crippen LogP contribution in [0.5, 0.6) is 0 Å². The zero-order valence-corrected chi connectivity index (χ0v) is 10.6. The molecule has 1 nitrogen and oxygen atoms in total. The van der Waals surface area contributed by atoms with Crippen molar-refractivity contribution in [2.75, 3.05) is 0 Å². The van der Waals surface area contributed by atoms with Crippen molar-refractivity contribution in [1.82, 2.24) is 0 Å². The molecular weight excluding hydrogens is 170 g/mol. The molecule has 1 rings (SSSR count). The fourth-order valence-corrected chi connectivity index (χ4v) is 0.905. The van der Waals surface area contributed by atoms with Gasteiger partial charge in [-0.05, 0) is 31.4 Å². The van der Waals surface area contributed by atoms with E-state index in [9.17, 15) is 0 Å². The lowest BCUT2D eigenvalue weighted by atomic mass is 10.1. The van der Waals surface area contributed by atoms with E-state index in [1.807, 2.05) is 40.8 Å². The van der Waals surface area contributed by atoms with Gasteiger partial charge in [-0.15, -0.1) is 0 Å². The van der Waals surface area contributed by atoms with E-state index in [0.717, 1.165) is 18.6 Å². The molecular formula is C13H25N. The molecule has 82 valence electrons. The Morgan fingerprint density at radius 2 is 1.79 bits per heavy atom. The lowest BCUT2D eigenvalue weighted by Gasteiger charge is -1.93. The topological polar surface area (TPSA) is 12.4 Å². The van der Waals surface area contributed by atoms with Crippen LogP contribution in [0.1, 0.15) is 54.4 Å². The first-order chi connectivity index (χ1) is 6.83. The summed E-state index contributed by atoms with van der Waals surface area (Å²) in [5.41, 5.74) is 2.51. The normalized spacial score (nSPS) is 13.6. The first kappa shape index (κ1) is 15.6. The van der Waals surface area contributed by atoms with E-state index in [4.69, 9.17) is 0 Å². The summed E-state index contributed by atoms with van der Waals surface area (Å²) in [4.78, 5) is 4.24. The molecule has 1 aliphatic rings. The maximum absolute atomic E-state index is 4.24. The molecule has 0 saturated heterocycles. The molecule has 1 aliphatic heterocycles. The van der Waals surface area contributed by atoms with Crippen LogP contribution in [0, 0.1) is 0 Å². The van der Waals surface area contributed by atoms with Crippen molar-refractivity contribution in [2.45, 2.75) is 54.4 Å². The molecule has 1 heterocycles. The summed E-state index contributed by atoms with van der Waals surface area (Å²) in [6, 6.07) is 0. The summed E-state index contributed by atoms with van der Waals surface area (Å²) in [5.74, 6) is 0. The Kier molecular flexibility index (Phi) is 13.6.